The molecule has 1 N–H and O–H groups in total. The molecule has 0 aliphatic heterocycles. The average molecular weight is 277 g/mol. The first-order valence-corrected chi connectivity index (χ1v) is 6.99. The summed E-state index contributed by atoms with van der Waals surface area (Å²) in [6.45, 7) is 5.55. The highest BCUT2D eigenvalue weighted by Crippen LogP contribution is 2.17. The molecule has 0 amide bonds. The van der Waals surface area contributed by atoms with Gasteiger partial charge >= 0.3 is 0 Å². The second-order valence-corrected chi connectivity index (χ2v) is 5.62. The van der Waals surface area contributed by atoms with Crippen molar-refractivity contribution < 1.29 is 9.59 Å². The van der Waals surface area contributed by atoms with Crippen molar-refractivity contribution in [2.75, 3.05) is 12.8 Å². The van der Waals surface area contributed by atoms with Crippen LogP contribution in [0.3, 0.4) is 0 Å². The molecule has 0 unspecified atom stereocenters. The number of nitrogens with one attached hydrogen (secondary N) is 1. The molecule has 100 valence electrons. The Hall–Kier alpha value is -0.0000000000000000555. The zero-order chi connectivity index (χ0) is 13.6. The van der Waals surface area contributed by atoms with Crippen LogP contribution in [0, 0.1) is 11.8 Å². The van der Waals surface area contributed by atoms with Crippen molar-refractivity contribution >= 4 is 36.8 Å². The number of rotatable bonds is 8. The van der Waals surface area contributed by atoms with Crippen molar-refractivity contribution in [2.24, 2.45) is 11.8 Å². The monoisotopic (exact) mass is 277 g/mol. The van der Waals surface area contributed by atoms with Gasteiger partial charge in [-0.15, -0.1) is 0 Å². The van der Waals surface area contributed by atoms with E-state index >= 15 is 0 Å². The minimum Gasteiger partial charge on any atom is -0.310 e. The van der Waals surface area contributed by atoms with Crippen LogP contribution in [0.25, 0.3) is 0 Å². The third-order valence-electron chi connectivity index (χ3n) is 2.93. The number of carbonyl (C=O) groups excluding carboxylic acids is 2. The molecule has 0 aliphatic carbocycles. The molecule has 0 aromatic heterocycles. The highest BCUT2D eigenvalue weighted by molar-refractivity contribution is 7.81. The van der Waals surface area contributed by atoms with E-state index < -0.39 is 0 Å². The number of thiol groups is 2. The Labute approximate surface area is 115 Å². The van der Waals surface area contributed by atoms with E-state index in [9.17, 15) is 9.59 Å². The van der Waals surface area contributed by atoms with Crippen LogP contribution in [0.4, 0.5) is 0 Å². The van der Waals surface area contributed by atoms with Gasteiger partial charge in [0.15, 0.2) is 5.78 Å². The molecule has 0 fully saturated rings. The number of Topliss-reactive ketones (excluding diaryl/α,β-unsaturated/α-hetero) is 2. The van der Waals surface area contributed by atoms with Gasteiger partial charge < -0.3 is 5.32 Å². The smallest absolute Gasteiger partial charge is 0.151 e. The van der Waals surface area contributed by atoms with Crippen molar-refractivity contribution in [2.45, 2.75) is 38.5 Å². The molecule has 0 saturated heterocycles. The number of hydrogen-bond donors (Lipinski definition) is 3. The zero-order valence-corrected chi connectivity index (χ0v) is 12.7. The topological polar surface area (TPSA) is 46.2 Å². The van der Waals surface area contributed by atoms with Gasteiger partial charge in [0.05, 0.1) is 6.04 Å². The molecule has 3 nitrogen and oxygen atoms in total. The quantitative estimate of drug-likeness (QED) is 0.591. The molecule has 0 spiro atoms. The lowest BCUT2D eigenvalue weighted by molar-refractivity contribution is -0.127. The summed E-state index contributed by atoms with van der Waals surface area (Å²) < 4.78 is 0. The molecule has 0 aromatic carbocycles. The normalized spacial score (nSPS) is 16.6. The Morgan fingerprint density at radius 3 is 2.12 bits per heavy atom. The van der Waals surface area contributed by atoms with Crippen molar-refractivity contribution in [3.63, 3.8) is 0 Å². The summed E-state index contributed by atoms with van der Waals surface area (Å²) >= 11 is 8.56. The van der Waals surface area contributed by atoms with Crippen LogP contribution in [-0.2, 0) is 9.59 Å². The molecule has 0 radical (unpaired) electrons. The fourth-order valence-corrected chi connectivity index (χ4v) is 2.32. The summed E-state index contributed by atoms with van der Waals surface area (Å²) in [5, 5.41) is 2.95. The maximum absolute atomic E-state index is 12.1. The fourth-order valence-electron chi connectivity index (χ4n) is 1.61. The van der Waals surface area contributed by atoms with Crippen molar-refractivity contribution in [1.82, 2.24) is 5.32 Å². The van der Waals surface area contributed by atoms with Gasteiger partial charge in [-0.2, -0.15) is 25.3 Å². The first-order chi connectivity index (χ1) is 7.84. The van der Waals surface area contributed by atoms with Gasteiger partial charge in [0.2, 0.25) is 0 Å². The van der Waals surface area contributed by atoms with Gasteiger partial charge in [-0.25, -0.2) is 0 Å². The number of carbonyl (C=O) groups is 2. The van der Waals surface area contributed by atoms with Gasteiger partial charge in [0, 0.05) is 23.3 Å². The molecule has 17 heavy (non-hydrogen) atoms. The summed E-state index contributed by atoms with van der Waals surface area (Å²) in [5.41, 5.74) is 0. The Morgan fingerprint density at radius 2 is 1.82 bits per heavy atom. The fraction of sp³-hybridized carbons (Fsp3) is 0.833. The standard InChI is InChI=1S/C12H23NO2S2/c1-7(2)12(17)11(13-4)10(15)5-9(6-16)8(3)14/h7,9,11-13,16-17H,5-6H2,1-4H3/t9-,11+,12+/m0/s1. The largest absolute Gasteiger partial charge is 0.310 e. The summed E-state index contributed by atoms with van der Waals surface area (Å²) in [6.07, 6.45) is 0.244. The molecule has 0 rings (SSSR count). The number of ketones is 2. The van der Waals surface area contributed by atoms with E-state index in [0.29, 0.717) is 11.7 Å². The Balaban J connectivity index is 4.60. The first kappa shape index (κ1) is 17.0. The van der Waals surface area contributed by atoms with E-state index in [4.69, 9.17) is 0 Å². The molecular formula is C12H23NO2S2. The van der Waals surface area contributed by atoms with E-state index in [-0.39, 0.29) is 35.2 Å². The lowest BCUT2D eigenvalue weighted by Gasteiger charge is -2.25. The maximum Gasteiger partial charge on any atom is 0.151 e. The van der Waals surface area contributed by atoms with Crippen LogP contribution in [-0.4, -0.2) is 35.7 Å². The van der Waals surface area contributed by atoms with Gasteiger partial charge in [-0.05, 0) is 19.9 Å². The van der Waals surface area contributed by atoms with E-state index in [0.717, 1.165) is 0 Å². The van der Waals surface area contributed by atoms with E-state index in [1.807, 2.05) is 13.8 Å². The second kappa shape index (κ2) is 8.16. The second-order valence-electron chi connectivity index (χ2n) is 4.66. The highest BCUT2D eigenvalue weighted by Gasteiger charge is 2.28. The molecule has 0 bridgehead atoms. The zero-order valence-electron chi connectivity index (χ0n) is 10.9. The Morgan fingerprint density at radius 1 is 1.29 bits per heavy atom. The first-order valence-electron chi connectivity index (χ1n) is 5.84. The van der Waals surface area contributed by atoms with Crippen LogP contribution in [0.2, 0.25) is 0 Å². The summed E-state index contributed by atoms with van der Waals surface area (Å²) in [6, 6.07) is -0.305. The Kier molecular flexibility index (Phi) is 8.16. The van der Waals surface area contributed by atoms with Crippen molar-refractivity contribution in [3.05, 3.63) is 0 Å². The minimum atomic E-state index is -0.305. The SMILES string of the molecule is CN[C@H](C(=O)C[C@@H](CS)C(C)=O)[C@H](S)C(C)C. The van der Waals surface area contributed by atoms with Crippen LogP contribution < -0.4 is 5.32 Å². The third kappa shape index (κ3) is 5.44. The van der Waals surface area contributed by atoms with Crippen LogP contribution in [0.15, 0.2) is 0 Å². The average Bonchev–Trinajstić information content (AvgIpc) is 2.25. The predicted molar refractivity (Wildman–Crippen MR) is 78.1 cm³/mol. The van der Waals surface area contributed by atoms with Crippen LogP contribution in [0.1, 0.15) is 27.2 Å². The molecule has 0 aromatic rings. The molecule has 0 aliphatic rings. The lowest BCUT2D eigenvalue weighted by Crippen LogP contribution is -2.45. The highest BCUT2D eigenvalue weighted by atomic mass is 32.1. The molecule has 3 atom stereocenters. The van der Waals surface area contributed by atoms with Crippen LogP contribution in [0.5, 0.6) is 0 Å². The van der Waals surface area contributed by atoms with Gasteiger partial charge in [0.1, 0.15) is 5.78 Å². The van der Waals surface area contributed by atoms with E-state index in [1.165, 1.54) is 6.92 Å². The maximum atomic E-state index is 12.1. The van der Waals surface area contributed by atoms with Gasteiger partial charge in [-0.1, -0.05) is 13.8 Å². The van der Waals surface area contributed by atoms with Crippen LogP contribution >= 0.6 is 25.3 Å². The third-order valence-corrected chi connectivity index (χ3v) is 4.26. The van der Waals surface area contributed by atoms with Crippen molar-refractivity contribution in [3.8, 4) is 0 Å². The Bertz CT molecular complexity index is 269. The summed E-state index contributed by atoms with van der Waals surface area (Å²) in [5.74, 6) is 0.482. The van der Waals surface area contributed by atoms with Crippen molar-refractivity contribution in [1.29, 1.82) is 0 Å². The summed E-state index contributed by atoms with van der Waals surface area (Å²) in [7, 11) is 1.75. The molecular weight excluding hydrogens is 254 g/mol. The number of hydrogen-bond acceptors (Lipinski definition) is 5. The molecule has 0 heterocycles. The minimum absolute atomic E-state index is 0.0171. The lowest BCUT2D eigenvalue weighted by atomic mass is 9.92. The molecule has 0 saturated carbocycles. The summed E-state index contributed by atoms with van der Waals surface area (Å²) in [4.78, 5) is 23.4. The predicted octanol–water partition coefficient (Wildman–Crippen LogP) is 1.62. The van der Waals surface area contributed by atoms with E-state index in [2.05, 4.69) is 30.6 Å². The van der Waals surface area contributed by atoms with E-state index in [1.54, 1.807) is 7.05 Å². The van der Waals surface area contributed by atoms with Gasteiger partial charge in [-0.3, -0.25) is 9.59 Å². The number of likely N-dealkylation sites (N-methyl/N-ethyl adjacent to an activating group) is 1. The van der Waals surface area contributed by atoms with Gasteiger partial charge in [0.25, 0.3) is 0 Å². The molecule has 5 heteroatoms.